The number of hydrogen-bond acceptors (Lipinski definition) is 4. The minimum absolute atomic E-state index is 0.0260. The Morgan fingerprint density at radius 1 is 1.28 bits per heavy atom. The number of amides is 1. The molecular formula is C19H12Cl2F3N3O2. The van der Waals surface area contributed by atoms with Crippen molar-refractivity contribution in [2.45, 2.75) is 25.1 Å². The number of alkyl halides is 3. The van der Waals surface area contributed by atoms with Gasteiger partial charge in [0.2, 0.25) is 5.91 Å². The quantitative estimate of drug-likeness (QED) is 0.737. The van der Waals surface area contributed by atoms with Gasteiger partial charge in [-0.25, -0.2) is 0 Å². The Morgan fingerprint density at radius 2 is 1.90 bits per heavy atom. The monoisotopic (exact) mass is 441 g/mol. The first-order valence-corrected chi connectivity index (χ1v) is 8.88. The molecule has 3 rings (SSSR count). The lowest BCUT2D eigenvalue weighted by Crippen LogP contribution is -2.42. The summed E-state index contributed by atoms with van der Waals surface area (Å²) in [6, 6.07) is 8.10. The fourth-order valence-electron chi connectivity index (χ4n) is 3.09. The van der Waals surface area contributed by atoms with Crippen molar-refractivity contribution in [1.82, 2.24) is 0 Å². The first-order chi connectivity index (χ1) is 13.5. The zero-order valence-electron chi connectivity index (χ0n) is 14.8. The first kappa shape index (κ1) is 21.0. The van der Waals surface area contributed by atoms with Crippen LogP contribution in [0.3, 0.4) is 0 Å². The van der Waals surface area contributed by atoms with E-state index in [1.165, 1.54) is 18.2 Å². The van der Waals surface area contributed by atoms with Gasteiger partial charge in [0.1, 0.15) is 6.07 Å². The minimum atomic E-state index is -4.86. The summed E-state index contributed by atoms with van der Waals surface area (Å²) < 4.78 is 42.2. The van der Waals surface area contributed by atoms with Gasteiger partial charge < -0.3 is 10.6 Å². The number of nitrogens with two attached hydrogens (primary N) is 1. The second-order valence-electron chi connectivity index (χ2n) is 6.45. The van der Waals surface area contributed by atoms with Gasteiger partial charge in [-0.3, -0.25) is 4.79 Å². The zero-order chi connectivity index (χ0) is 21.6. The Hall–Kier alpha value is -2.76. The average molecular weight is 442 g/mol. The van der Waals surface area contributed by atoms with E-state index in [9.17, 15) is 18.0 Å². The topological polar surface area (TPSA) is 88.5 Å². The van der Waals surface area contributed by atoms with Crippen LogP contribution in [0.4, 0.5) is 13.2 Å². The van der Waals surface area contributed by atoms with E-state index < -0.39 is 24.1 Å². The van der Waals surface area contributed by atoms with Gasteiger partial charge in [0.05, 0.1) is 21.3 Å². The molecule has 2 aromatic rings. The normalized spacial score (nSPS) is 18.7. The third-order valence-corrected chi connectivity index (χ3v) is 5.23. The molecule has 10 heteroatoms. The van der Waals surface area contributed by atoms with Gasteiger partial charge in [-0.2, -0.15) is 18.4 Å². The van der Waals surface area contributed by atoms with Crippen molar-refractivity contribution in [1.29, 1.82) is 5.26 Å². The van der Waals surface area contributed by atoms with Gasteiger partial charge in [0.25, 0.3) is 5.60 Å². The molecule has 1 atom stereocenters. The van der Waals surface area contributed by atoms with Crippen molar-refractivity contribution in [3.05, 3.63) is 68.2 Å². The lowest BCUT2D eigenvalue weighted by Gasteiger charge is -2.30. The fourth-order valence-corrected chi connectivity index (χ4v) is 3.66. The summed E-state index contributed by atoms with van der Waals surface area (Å²) in [6.45, 7) is 1.61. The Balaban J connectivity index is 2.06. The SMILES string of the molecule is Cc1cc(C2=NOC(c3cc(Cl)c(C#N)c(Cl)c3)(C(F)(F)F)C2)ccc1C(N)=O. The molecule has 2 N–H and O–H groups in total. The lowest BCUT2D eigenvalue weighted by molar-refractivity contribution is -0.275. The van der Waals surface area contributed by atoms with E-state index in [2.05, 4.69) is 5.16 Å². The van der Waals surface area contributed by atoms with E-state index in [-0.39, 0.29) is 32.4 Å². The summed E-state index contributed by atoms with van der Waals surface area (Å²) >= 11 is 11.9. The molecule has 5 nitrogen and oxygen atoms in total. The van der Waals surface area contributed by atoms with Crippen LogP contribution < -0.4 is 5.73 Å². The Morgan fingerprint density at radius 3 is 2.38 bits per heavy atom. The predicted octanol–water partition coefficient (Wildman–Crippen LogP) is 4.85. The number of nitrogens with zero attached hydrogens (tertiary/aromatic N) is 2. The number of rotatable bonds is 3. The summed E-state index contributed by atoms with van der Waals surface area (Å²) in [5.74, 6) is -0.648. The maximum absolute atomic E-state index is 14.1. The second kappa shape index (κ2) is 7.25. The van der Waals surface area contributed by atoms with Gasteiger partial charge in [-0.1, -0.05) is 34.4 Å². The lowest BCUT2D eigenvalue weighted by atomic mass is 9.85. The number of carbonyl (C=O) groups excluding carboxylic acids is 1. The van der Waals surface area contributed by atoms with E-state index >= 15 is 0 Å². The van der Waals surface area contributed by atoms with E-state index in [4.69, 9.17) is 39.0 Å². The molecule has 0 aliphatic carbocycles. The van der Waals surface area contributed by atoms with Crippen molar-refractivity contribution in [2.75, 3.05) is 0 Å². The standard InChI is InChI=1S/C19H12Cl2F3N3O2/c1-9-4-10(2-3-12(9)17(26)28)16-7-18(29-27-16,19(22,23)24)11-5-14(20)13(8-25)15(21)6-11/h2-6H,7H2,1H3,(H2,26,28). The highest BCUT2D eigenvalue weighted by molar-refractivity contribution is 6.36. The van der Waals surface area contributed by atoms with Crippen LogP contribution in [0.25, 0.3) is 0 Å². The second-order valence-corrected chi connectivity index (χ2v) is 7.27. The molecule has 1 heterocycles. The van der Waals surface area contributed by atoms with E-state index in [0.717, 1.165) is 12.1 Å². The highest BCUT2D eigenvalue weighted by Gasteiger charge is 2.62. The number of halogens is 5. The third kappa shape index (κ3) is 3.52. The Kier molecular flexibility index (Phi) is 5.24. The summed E-state index contributed by atoms with van der Waals surface area (Å²) in [4.78, 5) is 16.3. The van der Waals surface area contributed by atoms with Crippen molar-refractivity contribution < 1.29 is 22.8 Å². The summed E-state index contributed by atoms with van der Waals surface area (Å²) in [7, 11) is 0. The molecular weight excluding hydrogens is 430 g/mol. The number of hydrogen-bond donors (Lipinski definition) is 1. The zero-order valence-corrected chi connectivity index (χ0v) is 16.3. The number of carbonyl (C=O) groups is 1. The third-order valence-electron chi connectivity index (χ3n) is 4.63. The largest absolute Gasteiger partial charge is 0.435 e. The molecule has 1 amide bonds. The number of oxime groups is 1. The Bertz CT molecular complexity index is 1070. The molecule has 2 aromatic carbocycles. The molecule has 0 spiro atoms. The van der Waals surface area contributed by atoms with Crippen LogP contribution in [0.2, 0.25) is 10.0 Å². The number of aryl methyl sites for hydroxylation is 1. The fraction of sp³-hybridized carbons (Fsp3) is 0.211. The van der Waals surface area contributed by atoms with Gasteiger partial charge in [0.15, 0.2) is 0 Å². The molecule has 0 fully saturated rings. The van der Waals surface area contributed by atoms with Crippen molar-refractivity contribution >= 4 is 34.8 Å². The van der Waals surface area contributed by atoms with Crippen LogP contribution in [0.5, 0.6) is 0 Å². The molecule has 1 aliphatic rings. The average Bonchev–Trinajstić information content (AvgIpc) is 3.07. The van der Waals surface area contributed by atoms with Crippen LogP contribution in [-0.4, -0.2) is 17.8 Å². The predicted molar refractivity (Wildman–Crippen MR) is 101 cm³/mol. The highest BCUT2D eigenvalue weighted by atomic mass is 35.5. The first-order valence-electron chi connectivity index (χ1n) is 8.12. The maximum atomic E-state index is 14.1. The van der Waals surface area contributed by atoms with Gasteiger partial charge in [-0.15, -0.1) is 0 Å². The number of benzene rings is 2. The summed E-state index contributed by atoms with van der Waals surface area (Å²) in [5, 5.41) is 12.2. The van der Waals surface area contributed by atoms with Crippen LogP contribution >= 0.6 is 23.2 Å². The molecule has 1 unspecified atom stereocenters. The molecule has 1 aliphatic heterocycles. The molecule has 0 radical (unpaired) electrons. The molecule has 0 aromatic heterocycles. The number of primary amides is 1. The van der Waals surface area contributed by atoms with E-state index in [1.54, 1.807) is 13.0 Å². The van der Waals surface area contributed by atoms with Crippen molar-refractivity contribution in [3.8, 4) is 6.07 Å². The van der Waals surface area contributed by atoms with Crippen molar-refractivity contribution in [2.24, 2.45) is 10.9 Å². The molecule has 29 heavy (non-hydrogen) atoms. The van der Waals surface area contributed by atoms with Gasteiger partial charge >= 0.3 is 6.18 Å². The Labute approximate surface area is 173 Å². The van der Waals surface area contributed by atoms with Crippen LogP contribution in [-0.2, 0) is 10.4 Å². The smallest absolute Gasteiger partial charge is 0.374 e. The summed E-state index contributed by atoms with van der Waals surface area (Å²) in [5.41, 5.74) is 3.05. The molecule has 150 valence electrons. The van der Waals surface area contributed by atoms with Crippen LogP contribution in [0, 0.1) is 18.3 Å². The van der Waals surface area contributed by atoms with Crippen LogP contribution in [0.15, 0.2) is 35.5 Å². The van der Waals surface area contributed by atoms with Gasteiger partial charge in [0, 0.05) is 17.5 Å². The van der Waals surface area contributed by atoms with Crippen LogP contribution in [0.1, 0.15) is 39.0 Å². The van der Waals surface area contributed by atoms with Gasteiger partial charge in [-0.05, 0) is 42.3 Å². The molecule has 0 saturated carbocycles. The van der Waals surface area contributed by atoms with Crippen molar-refractivity contribution in [3.63, 3.8) is 0 Å². The summed E-state index contributed by atoms with van der Waals surface area (Å²) in [6.07, 6.45) is -5.51. The maximum Gasteiger partial charge on any atom is 0.435 e. The highest BCUT2D eigenvalue weighted by Crippen LogP contribution is 2.50. The molecule has 0 saturated heterocycles. The number of nitriles is 1. The van der Waals surface area contributed by atoms with E-state index in [1.807, 2.05) is 0 Å². The molecule has 0 bridgehead atoms. The van der Waals surface area contributed by atoms with E-state index in [0.29, 0.717) is 11.1 Å². The minimum Gasteiger partial charge on any atom is -0.374 e.